The maximum atomic E-state index is 5.37. The summed E-state index contributed by atoms with van der Waals surface area (Å²) >= 11 is 0. The zero-order valence-electron chi connectivity index (χ0n) is 14.3. The van der Waals surface area contributed by atoms with Gasteiger partial charge in [0.1, 0.15) is 0 Å². The zero-order chi connectivity index (χ0) is 15.8. The van der Waals surface area contributed by atoms with E-state index in [-0.39, 0.29) is 0 Å². The van der Waals surface area contributed by atoms with E-state index >= 15 is 0 Å². The largest absolute Gasteiger partial charge is 0.379 e. The van der Waals surface area contributed by atoms with E-state index in [0.29, 0.717) is 6.04 Å². The average molecular weight is 312 g/mol. The lowest BCUT2D eigenvalue weighted by Crippen LogP contribution is -2.55. The number of nitrogens with one attached hydrogen (secondary N) is 2. The number of aliphatic imine (C=N–C) groups is 1. The summed E-state index contributed by atoms with van der Waals surface area (Å²) in [5.74, 6) is 0.898. The fraction of sp³-hybridized carbons (Fsp3) is 0.933. The molecule has 2 N–H and O–H groups in total. The van der Waals surface area contributed by atoms with Gasteiger partial charge in [-0.3, -0.25) is 14.8 Å². The van der Waals surface area contributed by atoms with Gasteiger partial charge >= 0.3 is 0 Å². The Balaban J connectivity index is 1.64. The van der Waals surface area contributed by atoms with Gasteiger partial charge in [0.25, 0.3) is 0 Å². The van der Waals surface area contributed by atoms with Crippen LogP contribution in [-0.4, -0.2) is 113 Å². The third-order valence-electron chi connectivity index (χ3n) is 4.53. The number of likely N-dealkylation sites (N-methyl/N-ethyl adjacent to an activating group) is 2. The molecule has 1 atom stereocenters. The molecule has 2 fully saturated rings. The van der Waals surface area contributed by atoms with Gasteiger partial charge in [0.2, 0.25) is 0 Å². The predicted octanol–water partition coefficient (Wildman–Crippen LogP) is -1.27. The molecule has 0 amide bonds. The van der Waals surface area contributed by atoms with Crippen molar-refractivity contribution in [2.75, 3.05) is 86.7 Å². The standard InChI is InChI=1S/C15H32N6O/c1-16-15(17-4-5-21-8-10-22-11-9-21)18-12-14-13-19(2)6-7-20(14)3/h14H,4-13H2,1-3H3,(H2,16,17,18). The first-order chi connectivity index (χ1) is 10.7. The molecule has 0 aromatic rings. The summed E-state index contributed by atoms with van der Waals surface area (Å²) < 4.78 is 5.37. The van der Waals surface area contributed by atoms with Gasteiger partial charge < -0.3 is 20.3 Å². The predicted molar refractivity (Wildman–Crippen MR) is 90.5 cm³/mol. The highest BCUT2D eigenvalue weighted by Gasteiger charge is 2.22. The lowest BCUT2D eigenvalue weighted by molar-refractivity contribution is 0.0389. The van der Waals surface area contributed by atoms with Crippen molar-refractivity contribution in [1.29, 1.82) is 0 Å². The van der Waals surface area contributed by atoms with Crippen LogP contribution in [-0.2, 0) is 4.74 Å². The van der Waals surface area contributed by atoms with Crippen molar-refractivity contribution in [1.82, 2.24) is 25.3 Å². The molecule has 0 aromatic heterocycles. The van der Waals surface area contributed by atoms with Crippen LogP contribution in [0.3, 0.4) is 0 Å². The van der Waals surface area contributed by atoms with E-state index < -0.39 is 0 Å². The van der Waals surface area contributed by atoms with E-state index in [0.717, 1.165) is 71.5 Å². The molecule has 0 aromatic carbocycles. The first-order valence-corrected chi connectivity index (χ1v) is 8.32. The Bertz CT molecular complexity index is 345. The summed E-state index contributed by atoms with van der Waals surface area (Å²) in [6.07, 6.45) is 0. The van der Waals surface area contributed by atoms with Gasteiger partial charge in [-0.15, -0.1) is 0 Å². The molecule has 2 saturated heterocycles. The maximum absolute atomic E-state index is 5.37. The van der Waals surface area contributed by atoms with Crippen LogP contribution in [0.2, 0.25) is 0 Å². The van der Waals surface area contributed by atoms with E-state index in [1.165, 1.54) is 0 Å². The Morgan fingerprint density at radius 1 is 1.14 bits per heavy atom. The summed E-state index contributed by atoms with van der Waals surface area (Å²) in [5.41, 5.74) is 0. The summed E-state index contributed by atoms with van der Waals surface area (Å²) in [5, 5.41) is 6.86. The van der Waals surface area contributed by atoms with E-state index in [4.69, 9.17) is 4.74 Å². The average Bonchev–Trinajstić information content (AvgIpc) is 2.54. The monoisotopic (exact) mass is 312 g/mol. The Kier molecular flexibility index (Phi) is 7.38. The molecular weight excluding hydrogens is 280 g/mol. The van der Waals surface area contributed by atoms with Crippen LogP contribution in [0.1, 0.15) is 0 Å². The van der Waals surface area contributed by atoms with Crippen molar-refractivity contribution in [3.05, 3.63) is 0 Å². The van der Waals surface area contributed by atoms with Crippen LogP contribution >= 0.6 is 0 Å². The van der Waals surface area contributed by atoms with Crippen molar-refractivity contribution in [3.8, 4) is 0 Å². The molecular formula is C15H32N6O. The second kappa shape index (κ2) is 9.29. The highest BCUT2D eigenvalue weighted by molar-refractivity contribution is 5.79. The molecule has 1 unspecified atom stereocenters. The van der Waals surface area contributed by atoms with Crippen LogP contribution in [0.4, 0.5) is 0 Å². The summed E-state index contributed by atoms with van der Waals surface area (Å²) in [6.45, 7) is 10.1. The van der Waals surface area contributed by atoms with Crippen LogP contribution in [0.5, 0.6) is 0 Å². The molecule has 7 heteroatoms. The molecule has 0 aliphatic carbocycles. The first kappa shape index (κ1) is 17.5. The van der Waals surface area contributed by atoms with Gasteiger partial charge in [-0.2, -0.15) is 0 Å². The normalized spacial score (nSPS) is 26.1. The molecule has 128 valence electrons. The third-order valence-corrected chi connectivity index (χ3v) is 4.53. The highest BCUT2D eigenvalue weighted by Crippen LogP contribution is 2.04. The second-order valence-corrected chi connectivity index (χ2v) is 6.23. The van der Waals surface area contributed by atoms with Crippen LogP contribution in [0.15, 0.2) is 4.99 Å². The molecule has 2 heterocycles. The summed E-state index contributed by atoms with van der Waals surface area (Å²) in [6, 6.07) is 0.538. The van der Waals surface area contributed by atoms with Gasteiger partial charge in [0.15, 0.2) is 5.96 Å². The Morgan fingerprint density at radius 3 is 2.64 bits per heavy atom. The minimum absolute atomic E-state index is 0.538. The number of hydrogen-bond acceptors (Lipinski definition) is 5. The lowest BCUT2D eigenvalue weighted by Gasteiger charge is -2.38. The number of guanidine groups is 1. The van der Waals surface area contributed by atoms with Crippen molar-refractivity contribution in [2.24, 2.45) is 4.99 Å². The Labute approximate surface area is 134 Å². The first-order valence-electron chi connectivity index (χ1n) is 8.32. The topological polar surface area (TPSA) is 55.4 Å². The van der Waals surface area contributed by atoms with Gasteiger partial charge in [0.05, 0.1) is 13.2 Å². The number of nitrogens with zero attached hydrogens (tertiary/aromatic N) is 4. The van der Waals surface area contributed by atoms with E-state index in [1.54, 1.807) is 0 Å². The number of rotatable bonds is 5. The minimum Gasteiger partial charge on any atom is -0.379 e. The maximum Gasteiger partial charge on any atom is 0.191 e. The van der Waals surface area contributed by atoms with E-state index in [2.05, 4.69) is 44.4 Å². The molecule has 22 heavy (non-hydrogen) atoms. The van der Waals surface area contributed by atoms with E-state index in [1.807, 2.05) is 7.05 Å². The van der Waals surface area contributed by atoms with Gasteiger partial charge in [0, 0.05) is 65.4 Å². The molecule has 2 aliphatic heterocycles. The fourth-order valence-corrected chi connectivity index (χ4v) is 2.91. The molecule has 0 saturated carbocycles. The number of hydrogen-bond donors (Lipinski definition) is 2. The van der Waals surface area contributed by atoms with Crippen molar-refractivity contribution in [2.45, 2.75) is 6.04 Å². The smallest absolute Gasteiger partial charge is 0.191 e. The summed E-state index contributed by atoms with van der Waals surface area (Å²) in [4.78, 5) is 11.6. The molecule has 0 radical (unpaired) electrons. The molecule has 0 spiro atoms. The lowest BCUT2D eigenvalue weighted by atomic mass is 10.2. The summed E-state index contributed by atoms with van der Waals surface area (Å²) in [7, 11) is 6.23. The molecule has 2 aliphatic rings. The van der Waals surface area contributed by atoms with Crippen molar-refractivity contribution >= 4 is 5.96 Å². The van der Waals surface area contributed by atoms with Crippen LogP contribution in [0.25, 0.3) is 0 Å². The van der Waals surface area contributed by atoms with E-state index in [9.17, 15) is 0 Å². The van der Waals surface area contributed by atoms with Gasteiger partial charge in [-0.1, -0.05) is 0 Å². The third kappa shape index (κ3) is 5.72. The van der Waals surface area contributed by atoms with Crippen LogP contribution in [0, 0.1) is 0 Å². The quantitative estimate of drug-likeness (QED) is 0.488. The number of ether oxygens (including phenoxy) is 1. The molecule has 0 bridgehead atoms. The minimum atomic E-state index is 0.538. The SMILES string of the molecule is CN=C(NCCN1CCOCC1)NCC1CN(C)CCN1C. The second-order valence-electron chi connectivity index (χ2n) is 6.23. The van der Waals surface area contributed by atoms with Crippen LogP contribution < -0.4 is 10.6 Å². The van der Waals surface area contributed by atoms with Gasteiger partial charge in [-0.25, -0.2) is 0 Å². The van der Waals surface area contributed by atoms with Gasteiger partial charge in [-0.05, 0) is 14.1 Å². The van der Waals surface area contributed by atoms with Crippen molar-refractivity contribution in [3.63, 3.8) is 0 Å². The molecule has 2 rings (SSSR count). The Morgan fingerprint density at radius 2 is 1.91 bits per heavy atom. The molecule has 7 nitrogen and oxygen atoms in total. The fourth-order valence-electron chi connectivity index (χ4n) is 2.91. The number of piperazine rings is 1. The Hall–Kier alpha value is -0.890. The highest BCUT2D eigenvalue weighted by atomic mass is 16.5. The van der Waals surface area contributed by atoms with Crippen molar-refractivity contribution < 1.29 is 4.74 Å². The zero-order valence-corrected chi connectivity index (χ0v) is 14.3. The number of morpholine rings is 1.